The molecule has 1 amide bonds. The number of pyridine rings is 1. The van der Waals surface area contributed by atoms with Crippen LogP contribution in [0, 0.1) is 17.6 Å². The summed E-state index contributed by atoms with van der Waals surface area (Å²) in [5, 5.41) is 12.5. The smallest absolute Gasteiger partial charge is 0.320 e. The fourth-order valence-corrected chi connectivity index (χ4v) is 3.72. The summed E-state index contributed by atoms with van der Waals surface area (Å²) >= 11 is 0. The SMILES string of the molecule is COc1cc(NC(=O)c2nnc(Nc3ccc(F)c(F)c3)o2)cnc1O[C@H]1CC[C@H](C(=O)OC)CC1. The standard InChI is InChI=1S/C23H23F2N5O6/c1-33-18-10-14(11-26-20(18)35-15-6-3-12(4-7-15)22(32)34-2)27-19(31)21-29-30-23(36-21)28-13-5-8-16(24)17(25)9-13/h5,8-12,15H,3-4,6-7H2,1-2H3,(H,27,31)(H,28,30)/t12-,15-. The summed E-state index contributed by atoms with van der Waals surface area (Å²) < 4.78 is 47.8. The van der Waals surface area contributed by atoms with Gasteiger partial charge in [0.15, 0.2) is 17.4 Å². The van der Waals surface area contributed by atoms with E-state index in [1.807, 2.05) is 0 Å². The summed E-state index contributed by atoms with van der Waals surface area (Å²) in [6.07, 6.45) is 3.90. The number of carbonyl (C=O) groups is 2. The van der Waals surface area contributed by atoms with E-state index in [0.717, 1.165) is 12.1 Å². The van der Waals surface area contributed by atoms with Crippen LogP contribution in [0.2, 0.25) is 0 Å². The quantitative estimate of drug-likeness (QED) is 0.436. The van der Waals surface area contributed by atoms with E-state index in [0.29, 0.717) is 31.4 Å². The highest BCUT2D eigenvalue weighted by Crippen LogP contribution is 2.33. The lowest BCUT2D eigenvalue weighted by molar-refractivity contribution is -0.147. The maximum absolute atomic E-state index is 13.3. The van der Waals surface area contributed by atoms with E-state index in [2.05, 4.69) is 25.8 Å². The van der Waals surface area contributed by atoms with Gasteiger partial charge in [-0.05, 0) is 37.8 Å². The molecule has 13 heteroatoms. The van der Waals surface area contributed by atoms with Crippen LogP contribution in [0.1, 0.15) is 36.4 Å². The van der Waals surface area contributed by atoms with Gasteiger partial charge in [0.05, 0.1) is 32.0 Å². The highest BCUT2D eigenvalue weighted by Gasteiger charge is 2.28. The first-order valence-electron chi connectivity index (χ1n) is 11.0. The first kappa shape index (κ1) is 24.8. The van der Waals surface area contributed by atoms with Crippen LogP contribution in [-0.2, 0) is 9.53 Å². The highest BCUT2D eigenvalue weighted by atomic mass is 19.2. The largest absolute Gasteiger partial charge is 0.491 e. The molecule has 1 fully saturated rings. The van der Waals surface area contributed by atoms with Gasteiger partial charge in [0.1, 0.15) is 6.10 Å². The zero-order valence-corrected chi connectivity index (χ0v) is 19.4. The Morgan fingerprint density at radius 3 is 2.50 bits per heavy atom. The molecule has 0 spiro atoms. The lowest BCUT2D eigenvalue weighted by Gasteiger charge is -2.27. The third-order valence-corrected chi connectivity index (χ3v) is 5.57. The Kier molecular flexibility index (Phi) is 7.56. The molecule has 190 valence electrons. The molecule has 0 unspecified atom stereocenters. The second kappa shape index (κ2) is 11.0. The van der Waals surface area contributed by atoms with Gasteiger partial charge in [0.25, 0.3) is 5.88 Å². The number of rotatable bonds is 8. The molecule has 4 rings (SSSR count). The van der Waals surface area contributed by atoms with Crippen molar-refractivity contribution in [3.8, 4) is 11.6 Å². The van der Waals surface area contributed by atoms with Crippen LogP contribution in [0.25, 0.3) is 0 Å². The lowest BCUT2D eigenvalue weighted by Crippen LogP contribution is -2.28. The van der Waals surface area contributed by atoms with Crippen LogP contribution in [-0.4, -0.2) is 47.4 Å². The van der Waals surface area contributed by atoms with Crippen molar-refractivity contribution in [3.63, 3.8) is 0 Å². The first-order chi connectivity index (χ1) is 17.4. The van der Waals surface area contributed by atoms with E-state index in [9.17, 15) is 18.4 Å². The summed E-state index contributed by atoms with van der Waals surface area (Å²) in [6, 6.07) is 4.45. The zero-order chi connectivity index (χ0) is 25.7. The van der Waals surface area contributed by atoms with Crippen molar-refractivity contribution in [3.05, 3.63) is 48.0 Å². The van der Waals surface area contributed by atoms with Crippen LogP contribution in [0.5, 0.6) is 11.6 Å². The third-order valence-electron chi connectivity index (χ3n) is 5.57. The monoisotopic (exact) mass is 503 g/mol. The molecular formula is C23H23F2N5O6. The van der Waals surface area contributed by atoms with E-state index in [-0.39, 0.29) is 47.2 Å². The Bertz CT molecular complexity index is 1250. The van der Waals surface area contributed by atoms with Gasteiger partial charge in [-0.25, -0.2) is 13.8 Å². The van der Waals surface area contributed by atoms with Gasteiger partial charge >= 0.3 is 23.8 Å². The number of nitrogens with zero attached hydrogens (tertiary/aromatic N) is 3. The molecule has 0 bridgehead atoms. The number of benzene rings is 1. The van der Waals surface area contributed by atoms with Gasteiger partial charge < -0.3 is 29.3 Å². The summed E-state index contributed by atoms with van der Waals surface area (Å²) in [4.78, 5) is 28.4. The Morgan fingerprint density at radius 2 is 1.81 bits per heavy atom. The van der Waals surface area contributed by atoms with Crippen molar-refractivity contribution in [2.24, 2.45) is 5.92 Å². The predicted molar refractivity (Wildman–Crippen MR) is 121 cm³/mol. The second-order valence-corrected chi connectivity index (χ2v) is 7.97. The molecule has 1 saturated carbocycles. The molecule has 0 radical (unpaired) electrons. The van der Waals surface area contributed by atoms with Crippen molar-refractivity contribution in [1.82, 2.24) is 15.2 Å². The number of esters is 1. The number of hydrogen-bond acceptors (Lipinski definition) is 10. The average Bonchev–Trinajstić information content (AvgIpc) is 3.35. The molecule has 1 aliphatic carbocycles. The van der Waals surface area contributed by atoms with E-state index >= 15 is 0 Å². The first-order valence-corrected chi connectivity index (χ1v) is 11.0. The predicted octanol–water partition coefficient (Wildman–Crippen LogP) is 3.86. The lowest BCUT2D eigenvalue weighted by atomic mass is 9.87. The number of hydrogen-bond donors (Lipinski definition) is 2. The molecule has 1 aromatic carbocycles. The van der Waals surface area contributed by atoms with Crippen LogP contribution in [0.15, 0.2) is 34.9 Å². The van der Waals surface area contributed by atoms with Crippen molar-refractivity contribution in [1.29, 1.82) is 0 Å². The molecule has 0 aliphatic heterocycles. The molecule has 1 aliphatic rings. The molecular weight excluding hydrogens is 480 g/mol. The number of aromatic nitrogens is 3. The van der Waals surface area contributed by atoms with Gasteiger partial charge in [0.2, 0.25) is 0 Å². The maximum atomic E-state index is 13.3. The van der Waals surface area contributed by atoms with Gasteiger partial charge in [-0.3, -0.25) is 9.59 Å². The van der Waals surface area contributed by atoms with Crippen molar-refractivity contribution < 1.29 is 37.0 Å². The molecule has 2 aromatic heterocycles. The molecule has 2 heterocycles. The van der Waals surface area contributed by atoms with E-state index < -0.39 is 17.5 Å². The van der Waals surface area contributed by atoms with Gasteiger partial charge in [-0.1, -0.05) is 5.10 Å². The normalized spacial score (nSPS) is 17.2. The topological polar surface area (TPSA) is 138 Å². The number of ether oxygens (including phenoxy) is 3. The number of anilines is 3. The second-order valence-electron chi connectivity index (χ2n) is 7.97. The van der Waals surface area contributed by atoms with Crippen molar-refractivity contribution in [2.75, 3.05) is 24.9 Å². The van der Waals surface area contributed by atoms with Crippen LogP contribution >= 0.6 is 0 Å². The van der Waals surface area contributed by atoms with E-state index in [1.165, 1.54) is 32.5 Å². The minimum Gasteiger partial charge on any atom is -0.491 e. The van der Waals surface area contributed by atoms with Crippen LogP contribution in [0.3, 0.4) is 0 Å². The summed E-state index contributed by atoms with van der Waals surface area (Å²) in [5.74, 6) is -2.93. The fourth-order valence-electron chi connectivity index (χ4n) is 3.72. The Morgan fingerprint density at radius 1 is 1.03 bits per heavy atom. The van der Waals surface area contributed by atoms with Crippen LogP contribution in [0.4, 0.5) is 26.2 Å². The molecule has 2 N–H and O–H groups in total. The van der Waals surface area contributed by atoms with Gasteiger partial charge in [0, 0.05) is 17.8 Å². The summed E-state index contributed by atoms with van der Waals surface area (Å²) in [5.41, 5.74) is 0.444. The van der Waals surface area contributed by atoms with Gasteiger partial charge in [-0.15, -0.1) is 5.10 Å². The third kappa shape index (κ3) is 5.85. The minimum absolute atomic E-state index is 0.125. The number of halogens is 2. The Balaban J connectivity index is 1.36. The zero-order valence-electron chi connectivity index (χ0n) is 19.4. The van der Waals surface area contributed by atoms with Crippen molar-refractivity contribution >= 4 is 29.3 Å². The molecule has 3 aromatic rings. The Labute approximate surface area is 204 Å². The number of methoxy groups -OCH3 is 2. The Hall–Kier alpha value is -4.29. The molecule has 0 saturated heterocycles. The van der Waals surface area contributed by atoms with Crippen molar-refractivity contribution in [2.45, 2.75) is 31.8 Å². The fraction of sp³-hybridized carbons (Fsp3) is 0.348. The summed E-state index contributed by atoms with van der Waals surface area (Å²) in [6.45, 7) is 0. The minimum atomic E-state index is -1.06. The number of carbonyl (C=O) groups excluding carboxylic acids is 2. The van der Waals surface area contributed by atoms with Crippen LogP contribution < -0.4 is 20.1 Å². The molecule has 11 nitrogen and oxygen atoms in total. The maximum Gasteiger partial charge on any atom is 0.320 e. The van der Waals surface area contributed by atoms with E-state index in [1.54, 1.807) is 0 Å². The summed E-state index contributed by atoms with van der Waals surface area (Å²) in [7, 11) is 2.82. The molecule has 0 atom stereocenters. The molecule has 36 heavy (non-hydrogen) atoms. The van der Waals surface area contributed by atoms with Gasteiger partial charge in [-0.2, -0.15) is 0 Å². The average molecular weight is 503 g/mol. The van der Waals surface area contributed by atoms with E-state index in [4.69, 9.17) is 18.6 Å². The number of amides is 1. The number of nitrogens with one attached hydrogen (secondary N) is 2. The highest BCUT2D eigenvalue weighted by molar-refractivity contribution is 6.01.